The Morgan fingerprint density at radius 1 is 1.21 bits per heavy atom. The summed E-state index contributed by atoms with van der Waals surface area (Å²) < 4.78 is 26.1. The van der Waals surface area contributed by atoms with Crippen LogP contribution < -0.4 is 15.6 Å². The first-order chi connectivity index (χ1) is 14.2. The van der Waals surface area contributed by atoms with E-state index in [1.54, 1.807) is 22.9 Å². The summed E-state index contributed by atoms with van der Waals surface area (Å²) >= 11 is 0. The number of rotatable bonds is 4. The molecular formula is C22H18FN3O3. The summed E-state index contributed by atoms with van der Waals surface area (Å²) in [7, 11) is 0. The van der Waals surface area contributed by atoms with Crippen molar-refractivity contribution in [1.29, 1.82) is 0 Å². The lowest BCUT2D eigenvalue weighted by atomic mass is 10.1. The number of aromatic nitrogens is 2. The van der Waals surface area contributed by atoms with Crippen molar-refractivity contribution in [3.63, 3.8) is 0 Å². The van der Waals surface area contributed by atoms with E-state index in [4.69, 9.17) is 9.15 Å². The molecule has 29 heavy (non-hydrogen) atoms. The summed E-state index contributed by atoms with van der Waals surface area (Å²) in [6.07, 6.45) is 3.67. The number of fused-ring (bicyclic) bond motifs is 3. The normalized spacial score (nSPS) is 13.4. The molecule has 1 aliphatic rings. The molecule has 0 radical (unpaired) electrons. The quantitative estimate of drug-likeness (QED) is 0.578. The lowest BCUT2D eigenvalue weighted by Crippen LogP contribution is -2.22. The van der Waals surface area contributed by atoms with Crippen molar-refractivity contribution < 1.29 is 13.5 Å². The zero-order valence-electron chi connectivity index (χ0n) is 15.5. The van der Waals surface area contributed by atoms with Crippen LogP contribution in [0.4, 0.5) is 4.39 Å². The van der Waals surface area contributed by atoms with Crippen molar-refractivity contribution in [3.8, 4) is 11.4 Å². The summed E-state index contributed by atoms with van der Waals surface area (Å²) in [4.78, 5) is 16.5. The van der Waals surface area contributed by atoms with Crippen LogP contribution >= 0.6 is 0 Å². The van der Waals surface area contributed by atoms with Crippen molar-refractivity contribution in [2.45, 2.75) is 19.6 Å². The number of nitrogens with zero attached hydrogens (tertiary/aromatic N) is 2. The van der Waals surface area contributed by atoms with Crippen LogP contribution in [-0.2, 0) is 19.6 Å². The van der Waals surface area contributed by atoms with Crippen LogP contribution in [0.5, 0.6) is 5.75 Å². The first-order valence-corrected chi connectivity index (χ1v) is 9.39. The second kappa shape index (κ2) is 7.18. The highest BCUT2D eigenvalue weighted by molar-refractivity contribution is 5.84. The van der Waals surface area contributed by atoms with Gasteiger partial charge in [-0.3, -0.25) is 14.3 Å². The predicted molar refractivity (Wildman–Crippen MR) is 106 cm³/mol. The lowest BCUT2D eigenvalue weighted by Gasteiger charge is -2.10. The number of ether oxygens (including phenoxy) is 1. The second-order valence-corrected chi connectivity index (χ2v) is 6.94. The van der Waals surface area contributed by atoms with Gasteiger partial charge < -0.3 is 14.5 Å². The molecular weight excluding hydrogens is 373 g/mol. The number of furan rings is 1. The van der Waals surface area contributed by atoms with Gasteiger partial charge in [-0.25, -0.2) is 4.39 Å². The van der Waals surface area contributed by atoms with Crippen LogP contribution in [-0.4, -0.2) is 16.1 Å². The highest BCUT2D eigenvalue weighted by atomic mass is 19.1. The average Bonchev–Trinajstić information content (AvgIpc) is 3.11. The number of benzene rings is 1. The molecule has 5 rings (SSSR count). The lowest BCUT2D eigenvalue weighted by molar-refractivity contribution is 0.300. The maximum absolute atomic E-state index is 12.9. The topological polar surface area (TPSA) is 69.3 Å². The fraction of sp³-hybridized carbons (Fsp3) is 0.182. The molecule has 1 aromatic carbocycles. The van der Waals surface area contributed by atoms with E-state index in [1.807, 2.05) is 18.2 Å². The number of pyridine rings is 2. The molecule has 3 aromatic heterocycles. The van der Waals surface area contributed by atoms with Gasteiger partial charge in [0.15, 0.2) is 0 Å². The van der Waals surface area contributed by atoms with Gasteiger partial charge in [-0.2, -0.15) is 0 Å². The summed E-state index contributed by atoms with van der Waals surface area (Å²) in [6, 6.07) is 11.8. The Balaban J connectivity index is 1.39. The standard InChI is InChI=1S/C22H18FN3O3/c23-14-1-2-15(25-11-14)13-28-17-6-8-26(22(27)10-17)16-3-4-18-19-12-24-7-5-20(19)29-21(18)9-16/h1-4,6,8-11,24H,5,7,12-13H2. The minimum Gasteiger partial charge on any atom is -0.487 e. The van der Waals surface area contributed by atoms with Gasteiger partial charge in [-0.05, 0) is 30.3 Å². The van der Waals surface area contributed by atoms with E-state index in [1.165, 1.54) is 17.7 Å². The Morgan fingerprint density at radius 3 is 2.97 bits per heavy atom. The molecule has 146 valence electrons. The van der Waals surface area contributed by atoms with Gasteiger partial charge in [0.05, 0.1) is 17.6 Å². The molecule has 4 heterocycles. The van der Waals surface area contributed by atoms with Crippen LogP contribution in [0.15, 0.2) is 64.1 Å². The smallest absolute Gasteiger partial charge is 0.258 e. The van der Waals surface area contributed by atoms with E-state index >= 15 is 0 Å². The van der Waals surface area contributed by atoms with Crippen molar-refractivity contribution in [3.05, 3.63) is 88.0 Å². The van der Waals surface area contributed by atoms with E-state index in [-0.39, 0.29) is 12.2 Å². The number of nitrogens with one attached hydrogen (secondary N) is 1. The van der Waals surface area contributed by atoms with E-state index in [0.29, 0.717) is 11.4 Å². The Morgan fingerprint density at radius 2 is 2.14 bits per heavy atom. The fourth-order valence-corrected chi connectivity index (χ4v) is 3.56. The van der Waals surface area contributed by atoms with Crippen molar-refractivity contribution >= 4 is 11.0 Å². The Bertz CT molecular complexity index is 1240. The minimum absolute atomic E-state index is 0.154. The highest BCUT2D eigenvalue weighted by Crippen LogP contribution is 2.29. The molecule has 0 atom stereocenters. The maximum atomic E-state index is 12.9. The summed E-state index contributed by atoms with van der Waals surface area (Å²) in [5.74, 6) is 1.04. The van der Waals surface area contributed by atoms with E-state index in [0.717, 1.165) is 48.1 Å². The maximum Gasteiger partial charge on any atom is 0.258 e. The van der Waals surface area contributed by atoms with Crippen LogP contribution in [0.25, 0.3) is 16.7 Å². The van der Waals surface area contributed by atoms with E-state index in [9.17, 15) is 9.18 Å². The first kappa shape index (κ1) is 17.6. The van der Waals surface area contributed by atoms with Gasteiger partial charge in [0.2, 0.25) is 0 Å². The second-order valence-electron chi connectivity index (χ2n) is 6.94. The van der Waals surface area contributed by atoms with Crippen molar-refractivity contribution in [2.24, 2.45) is 0 Å². The summed E-state index contributed by atoms with van der Waals surface area (Å²) in [5.41, 5.74) is 3.08. The number of halogens is 1. The Kier molecular flexibility index (Phi) is 4.37. The van der Waals surface area contributed by atoms with Gasteiger partial charge in [0.25, 0.3) is 5.56 Å². The molecule has 4 aromatic rings. The van der Waals surface area contributed by atoms with Crippen LogP contribution in [0, 0.1) is 5.82 Å². The van der Waals surface area contributed by atoms with Crippen molar-refractivity contribution in [1.82, 2.24) is 14.9 Å². The Labute approximate surface area is 165 Å². The fourth-order valence-electron chi connectivity index (χ4n) is 3.56. The van der Waals surface area contributed by atoms with Crippen LogP contribution in [0.1, 0.15) is 17.0 Å². The summed E-state index contributed by atoms with van der Waals surface area (Å²) in [6.45, 7) is 1.87. The predicted octanol–water partition coefficient (Wildman–Crippen LogP) is 3.34. The third-order valence-electron chi connectivity index (χ3n) is 5.04. The molecule has 0 bridgehead atoms. The third kappa shape index (κ3) is 3.40. The number of hydrogen-bond acceptors (Lipinski definition) is 5. The molecule has 1 aliphatic heterocycles. The molecule has 0 unspecified atom stereocenters. The third-order valence-corrected chi connectivity index (χ3v) is 5.04. The molecule has 6 nitrogen and oxygen atoms in total. The molecule has 0 saturated heterocycles. The molecule has 0 spiro atoms. The van der Waals surface area contributed by atoms with Gasteiger partial charge >= 0.3 is 0 Å². The van der Waals surface area contributed by atoms with E-state index < -0.39 is 5.82 Å². The zero-order chi connectivity index (χ0) is 19.8. The molecule has 0 amide bonds. The van der Waals surface area contributed by atoms with Gasteiger partial charge in [0, 0.05) is 48.8 Å². The SMILES string of the molecule is O=c1cc(OCc2ccc(F)cn2)ccn1-c1ccc2c3c(oc2c1)CCNC3. The van der Waals surface area contributed by atoms with Gasteiger partial charge in [0.1, 0.15) is 29.5 Å². The molecule has 7 heteroatoms. The highest BCUT2D eigenvalue weighted by Gasteiger charge is 2.17. The molecule has 0 fully saturated rings. The first-order valence-electron chi connectivity index (χ1n) is 9.39. The van der Waals surface area contributed by atoms with E-state index in [2.05, 4.69) is 10.3 Å². The summed E-state index contributed by atoms with van der Waals surface area (Å²) in [5, 5.41) is 4.43. The Hall–Kier alpha value is -3.45. The van der Waals surface area contributed by atoms with Crippen LogP contribution in [0.3, 0.4) is 0 Å². The van der Waals surface area contributed by atoms with Gasteiger partial charge in [-0.1, -0.05) is 0 Å². The molecule has 1 N–H and O–H groups in total. The van der Waals surface area contributed by atoms with Crippen molar-refractivity contribution in [2.75, 3.05) is 6.54 Å². The van der Waals surface area contributed by atoms with Gasteiger partial charge in [-0.15, -0.1) is 0 Å². The average molecular weight is 391 g/mol. The number of hydrogen-bond donors (Lipinski definition) is 1. The zero-order valence-corrected chi connectivity index (χ0v) is 15.5. The van der Waals surface area contributed by atoms with Crippen LogP contribution in [0.2, 0.25) is 0 Å². The minimum atomic E-state index is -0.401. The molecule has 0 saturated carbocycles. The largest absolute Gasteiger partial charge is 0.487 e. The molecule has 0 aliphatic carbocycles. The monoisotopic (exact) mass is 391 g/mol.